The summed E-state index contributed by atoms with van der Waals surface area (Å²) in [5.74, 6) is -1.60. The Hall–Kier alpha value is -5.72. The summed E-state index contributed by atoms with van der Waals surface area (Å²) in [6, 6.07) is 26.1. The molecule has 6 N–H and O–H groups in total. The largest absolute Gasteiger partial charge is 0.487 e. The molecule has 0 saturated carbocycles. The summed E-state index contributed by atoms with van der Waals surface area (Å²) in [6.07, 6.45) is 1.80. The van der Waals surface area contributed by atoms with Crippen molar-refractivity contribution >= 4 is 45.1 Å². The van der Waals surface area contributed by atoms with Crippen LogP contribution in [0.3, 0.4) is 0 Å². The number of thiazole rings is 1. The molecule has 6 aromatic rings. The van der Waals surface area contributed by atoms with E-state index in [1.165, 1.54) is 6.20 Å². The summed E-state index contributed by atoms with van der Waals surface area (Å²) in [4.78, 5) is 31.0. The lowest BCUT2D eigenvalue weighted by atomic mass is 9.91. The average molecular weight is 848 g/mol. The van der Waals surface area contributed by atoms with Crippen LogP contribution in [0, 0.1) is 25.2 Å². The third kappa shape index (κ3) is 11.5. The molecule has 0 bridgehead atoms. The number of aryl methyl sites for hydroxylation is 2. The van der Waals surface area contributed by atoms with Crippen LogP contribution in [0.5, 0.6) is 5.75 Å². The first-order chi connectivity index (χ1) is 28.9. The number of carboxylic acid groups (broad SMARTS) is 2. The van der Waals surface area contributed by atoms with Crippen molar-refractivity contribution in [3.8, 4) is 33.5 Å². The number of ether oxygens (including phenoxy) is 1. The topological polar surface area (TPSA) is 198 Å². The lowest BCUT2D eigenvalue weighted by Gasteiger charge is -2.18. The fourth-order valence-corrected chi connectivity index (χ4v) is 8.41. The molecule has 0 radical (unpaired) electrons. The molecule has 0 unspecified atom stereocenters. The van der Waals surface area contributed by atoms with Crippen molar-refractivity contribution in [3.63, 3.8) is 0 Å². The van der Waals surface area contributed by atoms with E-state index in [0.29, 0.717) is 42.3 Å². The molecule has 2 atom stereocenters. The second-order valence-electron chi connectivity index (χ2n) is 14.7. The lowest BCUT2D eigenvalue weighted by molar-refractivity contribution is -0.140. The van der Waals surface area contributed by atoms with Gasteiger partial charge in [0.15, 0.2) is 0 Å². The minimum Gasteiger partial charge on any atom is -0.487 e. The number of nitrogens with one attached hydrogen (secondary N) is 2. The predicted octanol–water partition coefficient (Wildman–Crippen LogP) is 7.38. The normalized spacial score (nSPS) is 12.3. The molecule has 0 aliphatic rings. The second-order valence-corrected chi connectivity index (χ2v) is 16.1. The van der Waals surface area contributed by atoms with Crippen LogP contribution in [0.25, 0.3) is 31.9 Å². The Morgan fingerprint density at radius 1 is 0.800 bits per heavy atom. The van der Waals surface area contributed by atoms with Gasteiger partial charge in [-0.2, -0.15) is 5.26 Å². The van der Waals surface area contributed by atoms with Gasteiger partial charge >= 0.3 is 11.9 Å². The van der Waals surface area contributed by atoms with Gasteiger partial charge in [0.25, 0.3) is 0 Å². The minimum atomic E-state index is -1.07. The number of hydrogen-bond donors (Lipinski definition) is 6. The van der Waals surface area contributed by atoms with Gasteiger partial charge in [0, 0.05) is 44.1 Å². The van der Waals surface area contributed by atoms with Crippen LogP contribution in [0.2, 0.25) is 5.02 Å². The summed E-state index contributed by atoms with van der Waals surface area (Å²) < 4.78 is 7.45. The zero-order valence-electron chi connectivity index (χ0n) is 33.2. The highest BCUT2D eigenvalue weighted by molar-refractivity contribution is 7.21. The van der Waals surface area contributed by atoms with E-state index in [9.17, 15) is 25.1 Å². The van der Waals surface area contributed by atoms with Crippen LogP contribution in [0.1, 0.15) is 57.3 Å². The monoisotopic (exact) mass is 847 g/mol. The summed E-state index contributed by atoms with van der Waals surface area (Å²) in [5, 5.41) is 54.8. The summed E-state index contributed by atoms with van der Waals surface area (Å²) >= 11 is 8.43. The first kappa shape index (κ1) is 43.8. The highest BCUT2D eigenvalue weighted by Gasteiger charge is 2.17. The van der Waals surface area contributed by atoms with Crippen LogP contribution < -0.4 is 15.4 Å². The molecule has 0 aliphatic heterocycles. The number of fused-ring (bicyclic) bond motifs is 1. The van der Waals surface area contributed by atoms with E-state index >= 15 is 0 Å². The molecule has 12 nitrogen and oxygen atoms in total. The number of nitrogens with zero attached hydrogens (tertiary/aromatic N) is 3. The SMILES string of the molecule is Cc1c(COc2cc(CCc3cncc(C#N)c3)c(CNC[C@@H](O)CC(=O)O)cc2Cl)cccc1-c1cccc(-c2nc3ccc(CNC[C@@H](O)CC(=O)O)cc3s2)c1C. The molecule has 0 spiro atoms. The third-order valence-corrected chi connectivity index (χ3v) is 11.6. The zero-order valence-corrected chi connectivity index (χ0v) is 34.8. The fraction of sp³-hybridized carbons (Fsp3) is 0.283. The molecule has 0 saturated heterocycles. The number of carbonyl (C=O) groups is 2. The van der Waals surface area contributed by atoms with Gasteiger partial charge in [0.05, 0.1) is 45.9 Å². The number of aromatic nitrogens is 2. The van der Waals surface area contributed by atoms with E-state index in [2.05, 4.69) is 59.8 Å². The van der Waals surface area contributed by atoms with Gasteiger partial charge in [-0.05, 0) is 107 Å². The lowest BCUT2D eigenvalue weighted by Crippen LogP contribution is -2.28. The van der Waals surface area contributed by atoms with Crippen LogP contribution in [-0.4, -0.2) is 67.6 Å². The number of nitriles is 1. The summed E-state index contributed by atoms with van der Waals surface area (Å²) in [7, 11) is 0. The Balaban J connectivity index is 1.19. The number of aliphatic hydroxyl groups is 2. The van der Waals surface area contributed by atoms with Gasteiger partial charge in [0.2, 0.25) is 0 Å². The van der Waals surface area contributed by atoms with Gasteiger partial charge in [-0.25, -0.2) is 4.98 Å². The Morgan fingerprint density at radius 2 is 1.48 bits per heavy atom. The van der Waals surface area contributed by atoms with Crippen molar-refractivity contribution < 1.29 is 34.8 Å². The molecule has 0 aliphatic carbocycles. The van der Waals surface area contributed by atoms with Crippen molar-refractivity contribution in [1.82, 2.24) is 20.6 Å². The van der Waals surface area contributed by atoms with E-state index in [4.69, 9.17) is 31.5 Å². The van der Waals surface area contributed by atoms with Crippen molar-refractivity contribution in [2.75, 3.05) is 13.1 Å². The smallest absolute Gasteiger partial charge is 0.306 e. The van der Waals surface area contributed by atoms with Gasteiger partial charge in [-0.3, -0.25) is 14.6 Å². The Morgan fingerprint density at radius 3 is 2.20 bits per heavy atom. The summed E-state index contributed by atoms with van der Waals surface area (Å²) in [5.41, 5.74) is 11.4. The van der Waals surface area contributed by atoms with Gasteiger partial charge in [-0.1, -0.05) is 54.1 Å². The van der Waals surface area contributed by atoms with Crippen LogP contribution in [0.15, 0.2) is 85.2 Å². The predicted molar refractivity (Wildman–Crippen MR) is 232 cm³/mol. The molecule has 4 aromatic carbocycles. The fourth-order valence-electron chi connectivity index (χ4n) is 7.05. The Bertz CT molecular complexity index is 2540. The summed E-state index contributed by atoms with van der Waals surface area (Å²) in [6.45, 7) is 5.57. The number of carboxylic acids is 2. The number of benzene rings is 4. The van der Waals surface area contributed by atoms with E-state index < -0.39 is 24.1 Å². The maximum atomic E-state index is 11.0. The third-order valence-electron chi connectivity index (χ3n) is 10.2. The van der Waals surface area contributed by atoms with Crippen LogP contribution >= 0.6 is 22.9 Å². The number of halogens is 1. The first-order valence-corrected chi connectivity index (χ1v) is 20.7. The molecule has 6 rings (SSSR count). The molecular weight excluding hydrogens is 802 g/mol. The molecule has 2 heterocycles. The van der Waals surface area contributed by atoms with E-state index in [1.807, 2.05) is 48.5 Å². The van der Waals surface area contributed by atoms with Crippen molar-refractivity contribution in [1.29, 1.82) is 5.26 Å². The number of aliphatic hydroxyl groups excluding tert-OH is 2. The molecule has 2 aromatic heterocycles. The van der Waals surface area contributed by atoms with Crippen molar-refractivity contribution in [3.05, 3.63) is 135 Å². The standard InChI is InChI=1S/C46H46ClN5O7S/c1-27-33(26-59-42-16-32(11-9-29-13-31(19-48)22-49-20-29)34(15-40(42)47)23-51-25-36(54)18-45(57)58)5-3-6-37(27)38-7-4-8-39(28(38)2)46-52-41-12-10-30(14-43(41)60-46)21-50-24-35(53)17-44(55)56/h3-8,10,12-16,20,22,35-36,50-51,53-54H,9,11,17-18,21,23-26H2,1-2H3,(H,55,56)(H,57,58)/t35-,36-/m0/s1. The zero-order chi connectivity index (χ0) is 42.8. The van der Waals surface area contributed by atoms with Crippen molar-refractivity contribution in [2.24, 2.45) is 0 Å². The highest BCUT2D eigenvalue weighted by atomic mass is 35.5. The second kappa shape index (κ2) is 20.5. The molecule has 14 heteroatoms. The Labute approximate surface area is 357 Å². The maximum Gasteiger partial charge on any atom is 0.306 e. The number of hydrogen-bond acceptors (Lipinski definition) is 11. The molecular formula is C46H46ClN5O7S. The number of pyridine rings is 1. The Kier molecular flexibility index (Phi) is 15.0. The first-order valence-electron chi connectivity index (χ1n) is 19.5. The van der Waals surface area contributed by atoms with Crippen LogP contribution in [0.4, 0.5) is 0 Å². The van der Waals surface area contributed by atoms with Crippen LogP contribution in [-0.2, 0) is 42.1 Å². The van der Waals surface area contributed by atoms with Gasteiger partial charge < -0.3 is 35.8 Å². The maximum absolute atomic E-state index is 11.0. The van der Waals surface area contributed by atoms with Gasteiger partial charge in [-0.15, -0.1) is 11.3 Å². The van der Waals surface area contributed by atoms with E-state index in [0.717, 1.165) is 70.9 Å². The minimum absolute atomic E-state index is 0.0973. The number of rotatable bonds is 20. The quantitative estimate of drug-likeness (QED) is 0.0447. The average Bonchev–Trinajstić information content (AvgIpc) is 3.63. The highest BCUT2D eigenvalue weighted by Crippen LogP contribution is 2.38. The molecule has 310 valence electrons. The van der Waals surface area contributed by atoms with Crippen molar-refractivity contribution in [2.45, 2.75) is 71.4 Å². The van der Waals surface area contributed by atoms with E-state index in [-0.39, 0.29) is 32.5 Å². The van der Waals surface area contributed by atoms with Gasteiger partial charge in [0.1, 0.15) is 23.4 Å². The number of aliphatic carboxylic acids is 2. The molecule has 60 heavy (non-hydrogen) atoms. The van der Waals surface area contributed by atoms with E-state index in [1.54, 1.807) is 17.5 Å². The molecule has 0 amide bonds. The molecule has 0 fully saturated rings.